The lowest BCUT2D eigenvalue weighted by Crippen LogP contribution is -2.33. The van der Waals surface area contributed by atoms with Gasteiger partial charge >= 0.3 is 0 Å². The number of aromatic nitrogens is 2. The SMILES string of the molecule is CCCCCCN[C@H]1CCN(c2nc(Nc3cc(N)cc(C#N)c3)nc3ccccc23)C1. The first-order chi connectivity index (χ1) is 15.7. The Morgan fingerprint density at radius 3 is 2.88 bits per heavy atom. The minimum absolute atomic E-state index is 0.480. The van der Waals surface area contributed by atoms with Crippen molar-refractivity contribution in [3.05, 3.63) is 48.0 Å². The maximum atomic E-state index is 9.23. The van der Waals surface area contributed by atoms with Gasteiger partial charge in [-0.25, -0.2) is 4.98 Å². The molecular formula is C25H31N7. The fraction of sp³-hybridized carbons (Fsp3) is 0.400. The van der Waals surface area contributed by atoms with Crippen LogP contribution in [0.2, 0.25) is 0 Å². The molecular weight excluding hydrogens is 398 g/mol. The van der Waals surface area contributed by atoms with Gasteiger partial charge in [0.05, 0.1) is 17.1 Å². The van der Waals surface area contributed by atoms with Crippen molar-refractivity contribution in [2.75, 3.05) is 35.6 Å². The third kappa shape index (κ3) is 5.27. The number of anilines is 4. The van der Waals surface area contributed by atoms with Crippen molar-refractivity contribution < 1.29 is 0 Å². The van der Waals surface area contributed by atoms with Gasteiger partial charge in [0.15, 0.2) is 0 Å². The quantitative estimate of drug-likeness (QED) is 0.338. The Morgan fingerprint density at radius 2 is 2.03 bits per heavy atom. The van der Waals surface area contributed by atoms with Gasteiger partial charge in [-0.3, -0.25) is 0 Å². The van der Waals surface area contributed by atoms with E-state index in [1.807, 2.05) is 18.2 Å². The van der Waals surface area contributed by atoms with Crippen molar-refractivity contribution in [1.29, 1.82) is 5.26 Å². The zero-order valence-electron chi connectivity index (χ0n) is 18.6. The van der Waals surface area contributed by atoms with Crippen LogP contribution in [0.3, 0.4) is 0 Å². The second kappa shape index (κ2) is 10.3. The van der Waals surface area contributed by atoms with E-state index < -0.39 is 0 Å². The molecule has 0 unspecified atom stereocenters. The van der Waals surface area contributed by atoms with Crippen LogP contribution in [0.15, 0.2) is 42.5 Å². The van der Waals surface area contributed by atoms with Gasteiger partial charge in [-0.05, 0) is 49.7 Å². The van der Waals surface area contributed by atoms with Crippen LogP contribution in [-0.2, 0) is 0 Å². The molecule has 1 aromatic heterocycles. The van der Waals surface area contributed by atoms with Crippen LogP contribution in [0, 0.1) is 11.3 Å². The molecule has 7 nitrogen and oxygen atoms in total. The van der Waals surface area contributed by atoms with Crippen LogP contribution in [0.25, 0.3) is 10.9 Å². The van der Waals surface area contributed by atoms with Crippen LogP contribution in [0.1, 0.15) is 44.6 Å². The summed E-state index contributed by atoms with van der Waals surface area (Å²) in [6.07, 6.45) is 6.21. The normalized spacial score (nSPS) is 15.8. The molecule has 1 saturated heterocycles. The highest BCUT2D eigenvalue weighted by molar-refractivity contribution is 5.91. The van der Waals surface area contributed by atoms with Crippen molar-refractivity contribution >= 4 is 34.0 Å². The van der Waals surface area contributed by atoms with E-state index in [0.717, 1.165) is 42.8 Å². The number of nitrogen functional groups attached to an aromatic ring is 1. The predicted octanol–water partition coefficient (Wildman–Crippen LogP) is 4.58. The Labute approximate surface area is 189 Å². The first-order valence-corrected chi connectivity index (χ1v) is 11.5. The Hall–Kier alpha value is -3.37. The van der Waals surface area contributed by atoms with Crippen LogP contribution in [0.5, 0.6) is 0 Å². The van der Waals surface area contributed by atoms with Crippen molar-refractivity contribution in [3.63, 3.8) is 0 Å². The lowest BCUT2D eigenvalue weighted by Gasteiger charge is -2.21. The van der Waals surface area contributed by atoms with E-state index in [0.29, 0.717) is 28.9 Å². The van der Waals surface area contributed by atoms with E-state index in [4.69, 9.17) is 15.7 Å². The largest absolute Gasteiger partial charge is 0.399 e. The molecule has 166 valence electrons. The Bertz CT molecular complexity index is 1110. The van der Waals surface area contributed by atoms with E-state index in [1.54, 1.807) is 18.2 Å². The number of hydrogen-bond donors (Lipinski definition) is 3. The smallest absolute Gasteiger partial charge is 0.229 e. The predicted molar refractivity (Wildman–Crippen MR) is 131 cm³/mol. The van der Waals surface area contributed by atoms with Gasteiger partial charge in [0, 0.05) is 35.9 Å². The van der Waals surface area contributed by atoms with Crippen LogP contribution in [-0.4, -0.2) is 35.6 Å². The van der Waals surface area contributed by atoms with Crippen molar-refractivity contribution in [2.24, 2.45) is 0 Å². The molecule has 1 aliphatic rings. The summed E-state index contributed by atoms with van der Waals surface area (Å²) in [6, 6.07) is 15.9. The van der Waals surface area contributed by atoms with Crippen molar-refractivity contribution in [2.45, 2.75) is 45.1 Å². The van der Waals surface area contributed by atoms with E-state index in [9.17, 15) is 5.26 Å². The third-order valence-corrected chi connectivity index (χ3v) is 5.87. The van der Waals surface area contributed by atoms with Gasteiger partial charge in [-0.2, -0.15) is 10.2 Å². The molecule has 0 spiro atoms. The fourth-order valence-electron chi connectivity index (χ4n) is 4.25. The molecule has 2 aromatic carbocycles. The second-order valence-corrected chi connectivity index (χ2v) is 8.41. The van der Waals surface area contributed by atoms with Crippen molar-refractivity contribution in [1.82, 2.24) is 15.3 Å². The number of benzene rings is 2. The maximum absolute atomic E-state index is 9.23. The standard InChI is InChI=1S/C25H31N7/c1-2-3-4-7-11-28-20-10-12-32(17-20)24-22-8-5-6-9-23(22)30-25(31-24)29-21-14-18(16-26)13-19(27)15-21/h5-6,8-9,13-15,20,28H,2-4,7,10-12,17,27H2,1H3,(H,29,30,31)/t20-/m0/s1. The van der Waals surface area contributed by atoms with E-state index >= 15 is 0 Å². The van der Waals surface area contributed by atoms with Gasteiger partial charge in [0.2, 0.25) is 5.95 Å². The number of nitrogens with zero attached hydrogens (tertiary/aromatic N) is 4. The molecule has 7 heteroatoms. The fourth-order valence-corrected chi connectivity index (χ4v) is 4.25. The molecule has 2 heterocycles. The highest BCUT2D eigenvalue weighted by Gasteiger charge is 2.25. The topological polar surface area (TPSA) is 103 Å². The Morgan fingerprint density at radius 1 is 1.16 bits per heavy atom. The zero-order valence-corrected chi connectivity index (χ0v) is 18.6. The monoisotopic (exact) mass is 429 g/mol. The summed E-state index contributed by atoms with van der Waals surface area (Å²) < 4.78 is 0. The molecule has 1 atom stereocenters. The highest BCUT2D eigenvalue weighted by atomic mass is 15.3. The van der Waals surface area contributed by atoms with Crippen LogP contribution >= 0.6 is 0 Å². The van der Waals surface area contributed by atoms with Crippen LogP contribution < -0.4 is 21.3 Å². The number of unbranched alkanes of at least 4 members (excludes halogenated alkanes) is 3. The summed E-state index contributed by atoms with van der Waals surface area (Å²) in [5.74, 6) is 1.45. The third-order valence-electron chi connectivity index (χ3n) is 5.87. The highest BCUT2D eigenvalue weighted by Crippen LogP contribution is 2.29. The first-order valence-electron chi connectivity index (χ1n) is 11.5. The summed E-state index contributed by atoms with van der Waals surface area (Å²) in [4.78, 5) is 11.9. The van der Waals surface area contributed by atoms with Gasteiger partial charge in [-0.15, -0.1) is 0 Å². The van der Waals surface area contributed by atoms with Gasteiger partial charge in [-0.1, -0.05) is 38.3 Å². The summed E-state index contributed by atoms with van der Waals surface area (Å²) in [5.41, 5.74) is 8.57. The van der Waals surface area contributed by atoms with E-state index in [1.165, 1.54) is 25.7 Å². The average Bonchev–Trinajstić information content (AvgIpc) is 3.27. The van der Waals surface area contributed by atoms with Gasteiger partial charge < -0.3 is 21.3 Å². The molecule has 1 fully saturated rings. The summed E-state index contributed by atoms with van der Waals surface area (Å²) in [7, 11) is 0. The van der Waals surface area contributed by atoms with E-state index in [2.05, 4.69) is 34.6 Å². The molecule has 0 amide bonds. The minimum atomic E-state index is 0.480. The molecule has 0 radical (unpaired) electrons. The molecule has 0 aliphatic carbocycles. The van der Waals surface area contributed by atoms with Crippen LogP contribution in [0.4, 0.5) is 23.1 Å². The molecule has 4 N–H and O–H groups in total. The maximum Gasteiger partial charge on any atom is 0.229 e. The number of rotatable bonds is 9. The first kappa shape index (κ1) is 21.8. The number of nitriles is 1. The number of nitrogens with one attached hydrogen (secondary N) is 2. The Kier molecular flexibility index (Phi) is 7.03. The number of para-hydroxylation sites is 1. The number of hydrogen-bond acceptors (Lipinski definition) is 7. The summed E-state index contributed by atoms with van der Waals surface area (Å²) in [6.45, 7) is 5.22. The summed E-state index contributed by atoms with van der Waals surface area (Å²) in [5, 5.41) is 17.2. The van der Waals surface area contributed by atoms with Gasteiger partial charge in [0.1, 0.15) is 5.82 Å². The lowest BCUT2D eigenvalue weighted by atomic mass is 10.2. The number of nitrogens with two attached hydrogens (primary N) is 1. The Balaban J connectivity index is 1.53. The molecule has 32 heavy (non-hydrogen) atoms. The minimum Gasteiger partial charge on any atom is -0.399 e. The molecule has 0 bridgehead atoms. The molecule has 1 aliphatic heterocycles. The number of fused-ring (bicyclic) bond motifs is 1. The lowest BCUT2D eigenvalue weighted by molar-refractivity contribution is 0.522. The zero-order chi connectivity index (χ0) is 22.3. The summed E-state index contributed by atoms with van der Waals surface area (Å²) >= 11 is 0. The molecule has 3 aromatic rings. The van der Waals surface area contributed by atoms with Gasteiger partial charge in [0.25, 0.3) is 0 Å². The van der Waals surface area contributed by atoms with E-state index in [-0.39, 0.29) is 0 Å². The second-order valence-electron chi connectivity index (χ2n) is 8.41. The molecule has 4 rings (SSSR count). The average molecular weight is 430 g/mol. The van der Waals surface area contributed by atoms with Crippen molar-refractivity contribution in [3.8, 4) is 6.07 Å². The molecule has 0 saturated carbocycles.